The van der Waals surface area contributed by atoms with Crippen LogP contribution in [0.4, 0.5) is 14.5 Å². The number of thiocarbonyl (C=S) groups is 1. The molecule has 0 radical (unpaired) electrons. The molecule has 1 heterocycles. The van der Waals surface area contributed by atoms with Gasteiger partial charge in [0, 0.05) is 16.9 Å². The maximum atomic E-state index is 13.0. The Kier molecular flexibility index (Phi) is 6.28. The number of carbonyl (C=O) groups excluding carboxylic acids is 1. The lowest BCUT2D eigenvalue weighted by Gasteiger charge is -2.31. The summed E-state index contributed by atoms with van der Waals surface area (Å²) in [4.78, 5) is 13.0. The molecule has 3 N–H and O–H groups in total. The number of ether oxygens (including phenoxy) is 2. The summed E-state index contributed by atoms with van der Waals surface area (Å²) in [5.41, 5.74) is 1.74. The van der Waals surface area contributed by atoms with Crippen LogP contribution >= 0.6 is 12.2 Å². The number of carbonyl (C=O) groups is 1. The zero-order valence-corrected chi connectivity index (χ0v) is 16.5. The van der Waals surface area contributed by atoms with Gasteiger partial charge in [-0.05, 0) is 49.5 Å². The molecule has 0 spiro atoms. The third kappa shape index (κ3) is 4.80. The van der Waals surface area contributed by atoms with Crippen molar-refractivity contribution >= 4 is 28.9 Å². The molecule has 0 fully saturated rings. The molecule has 2 aromatic carbocycles. The van der Waals surface area contributed by atoms with Gasteiger partial charge in [-0.25, -0.2) is 0 Å². The quantitative estimate of drug-likeness (QED) is 0.620. The highest BCUT2D eigenvalue weighted by atomic mass is 32.1. The van der Waals surface area contributed by atoms with E-state index in [1.54, 1.807) is 56.5 Å². The molecule has 0 saturated carbocycles. The van der Waals surface area contributed by atoms with Crippen molar-refractivity contribution in [3.05, 3.63) is 65.4 Å². The molecule has 1 amide bonds. The molecule has 0 aromatic heterocycles. The van der Waals surface area contributed by atoms with Gasteiger partial charge in [0.2, 0.25) is 0 Å². The number of halogens is 2. The Labute approximate surface area is 171 Å². The second kappa shape index (κ2) is 8.87. The lowest BCUT2D eigenvalue weighted by Crippen LogP contribution is -2.45. The maximum absolute atomic E-state index is 13.0. The summed E-state index contributed by atoms with van der Waals surface area (Å²) in [6.45, 7) is -1.30. The topological polar surface area (TPSA) is 71.6 Å². The number of alkyl halides is 2. The molecule has 0 bridgehead atoms. The summed E-state index contributed by atoms with van der Waals surface area (Å²) in [5, 5.41) is 8.95. The molecule has 9 heteroatoms. The Morgan fingerprint density at radius 2 is 1.86 bits per heavy atom. The van der Waals surface area contributed by atoms with Gasteiger partial charge in [0.05, 0.1) is 18.7 Å². The van der Waals surface area contributed by atoms with Crippen LogP contribution in [0.25, 0.3) is 0 Å². The van der Waals surface area contributed by atoms with Gasteiger partial charge in [0.25, 0.3) is 5.91 Å². The Hall–Kier alpha value is -3.20. The average Bonchev–Trinajstić information content (AvgIpc) is 2.68. The number of para-hydroxylation sites is 1. The fourth-order valence-corrected chi connectivity index (χ4v) is 3.29. The molecule has 152 valence electrons. The summed E-state index contributed by atoms with van der Waals surface area (Å²) in [7, 11) is 1.55. The van der Waals surface area contributed by atoms with Gasteiger partial charge in [-0.2, -0.15) is 8.78 Å². The monoisotopic (exact) mass is 419 g/mol. The number of allylic oxidation sites excluding steroid dienone is 1. The van der Waals surface area contributed by atoms with Crippen molar-refractivity contribution in [1.29, 1.82) is 0 Å². The van der Waals surface area contributed by atoms with Crippen molar-refractivity contribution in [3.8, 4) is 11.5 Å². The zero-order chi connectivity index (χ0) is 21.0. The summed E-state index contributed by atoms with van der Waals surface area (Å²) in [6, 6.07) is 12.3. The predicted octanol–water partition coefficient (Wildman–Crippen LogP) is 3.73. The average molecular weight is 419 g/mol. The summed E-state index contributed by atoms with van der Waals surface area (Å²) in [6.07, 6.45) is 0. The number of anilines is 1. The Bertz CT molecular complexity index is 948. The van der Waals surface area contributed by atoms with Crippen LogP contribution in [0.5, 0.6) is 11.5 Å². The van der Waals surface area contributed by atoms with Crippen LogP contribution in [0, 0.1) is 0 Å². The first-order valence-corrected chi connectivity index (χ1v) is 9.07. The molecular formula is C20H19F2N3O3S. The van der Waals surface area contributed by atoms with E-state index in [1.165, 1.54) is 6.07 Å². The van der Waals surface area contributed by atoms with Crippen molar-refractivity contribution in [1.82, 2.24) is 10.6 Å². The maximum Gasteiger partial charge on any atom is 0.387 e. The van der Waals surface area contributed by atoms with E-state index in [9.17, 15) is 13.6 Å². The van der Waals surface area contributed by atoms with Crippen LogP contribution in [-0.2, 0) is 4.79 Å². The molecule has 6 nitrogen and oxygen atoms in total. The van der Waals surface area contributed by atoms with E-state index < -0.39 is 18.6 Å². The number of amides is 1. The smallest absolute Gasteiger partial charge is 0.387 e. The standard InChI is InChI=1S/C20H19F2N3O3S/c1-11-16(18(26)24-12-7-9-13(27-2)10-8-12)17(25-20(29)23-11)14-5-3-4-6-15(14)28-19(21)22/h3-10,17,19H,1-2H3,(H,24,26)(H2,23,25,29)/t17-/m0/s1. The van der Waals surface area contributed by atoms with Crippen LogP contribution in [0.3, 0.4) is 0 Å². The summed E-state index contributed by atoms with van der Waals surface area (Å²) >= 11 is 5.20. The first-order valence-electron chi connectivity index (χ1n) is 8.66. The Balaban J connectivity index is 1.95. The second-order valence-corrected chi connectivity index (χ2v) is 6.58. The third-order valence-corrected chi connectivity index (χ3v) is 4.53. The number of hydrogen-bond donors (Lipinski definition) is 3. The molecule has 2 aromatic rings. The normalized spacial score (nSPS) is 16.2. The first kappa shape index (κ1) is 20.5. The van der Waals surface area contributed by atoms with Crippen LogP contribution < -0.4 is 25.4 Å². The third-order valence-electron chi connectivity index (χ3n) is 4.31. The molecule has 0 aliphatic carbocycles. The van der Waals surface area contributed by atoms with Gasteiger partial charge in [0.15, 0.2) is 5.11 Å². The lowest BCUT2D eigenvalue weighted by molar-refractivity contribution is -0.113. The zero-order valence-electron chi connectivity index (χ0n) is 15.7. The van der Waals surface area contributed by atoms with Crippen LogP contribution in [0.1, 0.15) is 18.5 Å². The van der Waals surface area contributed by atoms with Gasteiger partial charge in [-0.3, -0.25) is 4.79 Å². The molecule has 0 saturated heterocycles. The number of hydrogen-bond acceptors (Lipinski definition) is 4. The van der Waals surface area contributed by atoms with Crippen molar-refractivity contribution in [2.75, 3.05) is 12.4 Å². The van der Waals surface area contributed by atoms with Gasteiger partial charge in [0.1, 0.15) is 11.5 Å². The minimum atomic E-state index is -2.99. The van der Waals surface area contributed by atoms with E-state index in [4.69, 9.17) is 17.0 Å². The fourth-order valence-electron chi connectivity index (χ4n) is 3.02. The van der Waals surface area contributed by atoms with E-state index >= 15 is 0 Å². The van der Waals surface area contributed by atoms with Gasteiger partial charge in [-0.15, -0.1) is 0 Å². The van der Waals surface area contributed by atoms with E-state index in [-0.39, 0.29) is 10.9 Å². The number of rotatable bonds is 6. The van der Waals surface area contributed by atoms with Crippen LogP contribution in [-0.4, -0.2) is 24.7 Å². The minimum Gasteiger partial charge on any atom is -0.497 e. The highest BCUT2D eigenvalue weighted by Crippen LogP contribution is 2.34. The molecule has 1 aliphatic heterocycles. The highest BCUT2D eigenvalue weighted by Gasteiger charge is 2.32. The molecule has 0 unspecified atom stereocenters. The predicted molar refractivity (Wildman–Crippen MR) is 109 cm³/mol. The van der Waals surface area contributed by atoms with Crippen molar-refractivity contribution in [3.63, 3.8) is 0 Å². The van der Waals surface area contributed by atoms with Crippen molar-refractivity contribution in [2.45, 2.75) is 19.6 Å². The summed E-state index contributed by atoms with van der Waals surface area (Å²) in [5.74, 6) is 0.208. The van der Waals surface area contributed by atoms with E-state index in [1.807, 2.05) is 0 Å². The van der Waals surface area contributed by atoms with Gasteiger partial charge in [-0.1, -0.05) is 18.2 Å². The first-order chi connectivity index (χ1) is 13.9. The fraction of sp³-hybridized carbons (Fsp3) is 0.200. The van der Waals surface area contributed by atoms with Crippen LogP contribution in [0.15, 0.2) is 59.8 Å². The molecule has 29 heavy (non-hydrogen) atoms. The van der Waals surface area contributed by atoms with E-state index in [0.717, 1.165) is 0 Å². The van der Waals surface area contributed by atoms with E-state index in [0.29, 0.717) is 28.3 Å². The van der Waals surface area contributed by atoms with Crippen molar-refractivity contribution < 1.29 is 23.0 Å². The van der Waals surface area contributed by atoms with E-state index in [2.05, 4.69) is 20.7 Å². The molecular weight excluding hydrogens is 400 g/mol. The van der Waals surface area contributed by atoms with Gasteiger partial charge < -0.3 is 25.4 Å². The highest BCUT2D eigenvalue weighted by molar-refractivity contribution is 7.80. The molecule has 1 atom stereocenters. The largest absolute Gasteiger partial charge is 0.497 e. The molecule has 3 rings (SSSR count). The van der Waals surface area contributed by atoms with Crippen LogP contribution in [0.2, 0.25) is 0 Å². The number of methoxy groups -OCH3 is 1. The number of nitrogens with one attached hydrogen (secondary N) is 3. The SMILES string of the molecule is COc1ccc(NC(=O)C2=C(C)NC(=S)N[C@H]2c2ccccc2OC(F)F)cc1. The number of benzene rings is 2. The lowest BCUT2D eigenvalue weighted by atomic mass is 9.94. The Morgan fingerprint density at radius 3 is 2.52 bits per heavy atom. The van der Waals surface area contributed by atoms with Crippen molar-refractivity contribution in [2.24, 2.45) is 0 Å². The summed E-state index contributed by atoms with van der Waals surface area (Å²) < 4.78 is 35.4. The second-order valence-electron chi connectivity index (χ2n) is 6.17. The van der Waals surface area contributed by atoms with Gasteiger partial charge >= 0.3 is 6.61 Å². The Morgan fingerprint density at radius 1 is 1.17 bits per heavy atom. The minimum absolute atomic E-state index is 0.0350. The molecule has 1 aliphatic rings.